The number of nitrogens with zero attached hydrogens (tertiary/aromatic N) is 1. The van der Waals surface area contributed by atoms with Gasteiger partial charge >= 0.3 is 0 Å². The van der Waals surface area contributed by atoms with Crippen molar-refractivity contribution < 1.29 is 27.7 Å². The normalized spacial score (nSPS) is 28.3. The summed E-state index contributed by atoms with van der Waals surface area (Å²) < 4.78 is 41.0. The number of sulfone groups is 1. The van der Waals surface area contributed by atoms with Crippen LogP contribution in [0.1, 0.15) is 24.8 Å². The fraction of sp³-hybridized carbons (Fsp3) is 0.423. The van der Waals surface area contributed by atoms with Gasteiger partial charge in [-0.05, 0) is 36.5 Å². The quantitative estimate of drug-likeness (QED) is 0.516. The molecular formula is C26H27ClN2O6S. The Labute approximate surface area is 214 Å². The van der Waals surface area contributed by atoms with Gasteiger partial charge in [-0.25, -0.2) is 13.4 Å². The van der Waals surface area contributed by atoms with Crippen LogP contribution in [0.4, 0.5) is 0 Å². The highest BCUT2D eigenvalue weighted by Crippen LogP contribution is 2.35. The Balaban J connectivity index is 1.20. The Morgan fingerprint density at radius 2 is 1.86 bits per heavy atom. The number of hydrogen-bond acceptors (Lipinski definition) is 7. The highest BCUT2D eigenvalue weighted by Gasteiger charge is 2.48. The maximum absolute atomic E-state index is 11.8. The van der Waals surface area contributed by atoms with E-state index in [0.29, 0.717) is 36.0 Å². The third-order valence-electron chi connectivity index (χ3n) is 7.29. The lowest BCUT2D eigenvalue weighted by Crippen LogP contribution is -2.34. The predicted octanol–water partition coefficient (Wildman–Crippen LogP) is 3.77. The molecule has 2 saturated heterocycles. The van der Waals surface area contributed by atoms with Gasteiger partial charge in [-0.15, -0.1) is 0 Å². The fourth-order valence-corrected chi connectivity index (χ4v) is 6.54. The standard InChI is InChI=1S/C26H27ClN2O6S/c1-36(31,32)17-8-6-15(7-9-17)14-2-4-16(5-3-14)24-18(27)10-19-20(29-24)11-23(28-19)35-22-13-34-25-21(30)12-33-26(22)25/h2-6,10-11,17,21-22,25-26,28,30H,7-9,12-13H2,1H3/t17?,21-,22-,25?,26?/m1/s1. The first-order valence-corrected chi connectivity index (χ1v) is 14.4. The van der Waals surface area contributed by atoms with Crippen molar-refractivity contribution in [2.75, 3.05) is 19.5 Å². The zero-order valence-electron chi connectivity index (χ0n) is 19.7. The average Bonchev–Trinajstić information content (AvgIpc) is 3.55. The van der Waals surface area contributed by atoms with Crippen molar-refractivity contribution in [3.63, 3.8) is 0 Å². The van der Waals surface area contributed by atoms with E-state index in [9.17, 15) is 13.5 Å². The predicted molar refractivity (Wildman–Crippen MR) is 137 cm³/mol. The van der Waals surface area contributed by atoms with Gasteiger partial charge in [0.25, 0.3) is 0 Å². The lowest BCUT2D eigenvalue weighted by Gasteiger charge is -2.20. The molecule has 2 fully saturated rings. The topological polar surface area (TPSA) is 111 Å². The Morgan fingerprint density at radius 1 is 1.11 bits per heavy atom. The number of aliphatic hydroxyl groups is 1. The van der Waals surface area contributed by atoms with E-state index in [1.807, 2.05) is 42.5 Å². The van der Waals surface area contributed by atoms with Crippen LogP contribution >= 0.6 is 11.6 Å². The number of aliphatic hydroxyl groups excluding tert-OH is 1. The van der Waals surface area contributed by atoms with Crippen molar-refractivity contribution in [1.29, 1.82) is 0 Å². The van der Waals surface area contributed by atoms with E-state index in [1.54, 1.807) is 0 Å². The number of fused-ring (bicyclic) bond motifs is 2. The molecule has 10 heteroatoms. The number of nitrogens with one attached hydrogen (secondary N) is 1. The van der Waals surface area contributed by atoms with Gasteiger partial charge in [0.1, 0.15) is 18.3 Å². The Morgan fingerprint density at radius 3 is 2.58 bits per heavy atom. The molecule has 3 unspecified atom stereocenters. The van der Waals surface area contributed by atoms with Gasteiger partial charge in [-0.1, -0.05) is 41.9 Å². The van der Waals surface area contributed by atoms with Crippen LogP contribution in [-0.4, -0.2) is 72.6 Å². The second-order valence-corrected chi connectivity index (χ2v) is 12.5. The molecule has 2 N–H and O–H groups in total. The number of ether oxygens (including phenoxy) is 3. The molecule has 0 radical (unpaired) electrons. The minimum atomic E-state index is -3.01. The third kappa shape index (κ3) is 4.43. The second-order valence-electron chi connectivity index (χ2n) is 9.74. The number of benzene rings is 1. The minimum absolute atomic E-state index is 0.250. The molecule has 0 bridgehead atoms. The molecule has 2 aliphatic heterocycles. The summed E-state index contributed by atoms with van der Waals surface area (Å²) in [7, 11) is -3.01. The number of H-pyrrole nitrogens is 1. The van der Waals surface area contributed by atoms with E-state index in [0.717, 1.165) is 28.6 Å². The zero-order valence-corrected chi connectivity index (χ0v) is 21.3. The van der Waals surface area contributed by atoms with E-state index in [2.05, 4.69) is 4.98 Å². The molecule has 2 aromatic heterocycles. The highest BCUT2D eigenvalue weighted by molar-refractivity contribution is 7.91. The van der Waals surface area contributed by atoms with Gasteiger partial charge in [-0.3, -0.25) is 0 Å². The second kappa shape index (κ2) is 9.15. The van der Waals surface area contributed by atoms with E-state index in [4.69, 9.17) is 30.8 Å². The summed E-state index contributed by atoms with van der Waals surface area (Å²) >= 11 is 6.59. The number of aromatic nitrogens is 2. The monoisotopic (exact) mass is 530 g/mol. The van der Waals surface area contributed by atoms with Crippen LogP contribution in [0.3, 0.4) is 0 Å². The Kier molecular flexibility index (Phi) is 6.08. The van der Waals surface area contributed by atoms with Crippen LogP contribution in [0.5, 0.6) is 5.88 Å². The Bertz CT molecular complexity index is 1430. The highest BCUT2D eigenvalue weighted by atomic mass is 35.5. The molecule has 1 aliphatic carbocycles. The van der Waals surface area contributed by atoms with Crippen molar-refractivity contribution in [1.82, 2.24) is 9.97 Å². The van der Waals surface area contributed by atoms with Crippen molar-refractivity contribution in [3.05, 3.63) is 53.1 Å². The molecule has 8 nitrogen and oxygen atoms in total. The van der Waals surface area contributed by atoms with Gasteiger partial charge < -0.3 is 24.3 Å². The van der Waals surface area contributed by atoms with Crippen molar-refractivity contribution >= 4 is 38.0 Å². The lowest BCUT2D eigenvalue weighted by molar-refractivity contribution is 0.00794. The van der Waals surface area contributed by atoms with E-state index >= 15 is 0 Å². The average molecular weight is 531 g/mol. The summed E-state index contributed by atoms with van der Waals surface area (Å²) in [6.07, 6.45) is 3.70. The van der Waals surface area contributed by atoms with Gasteiger partial charge in [0.05, 0.1) is 40.2 Å². The molecule has 3 aliphatic rings. The zero-order chi connectivity index (χ0) is 25.0. The van der Waals surface area contributed by atoms with Crippen LogP contribution in [0.15, 0.2) is 42.5 Å². The van der Waals surface area contributed by atoms with Crippen molar-refractivity contribution in [2.24, 2.45) is 0 Å². The lowest BCUT2D eigenvalue weighted by atomic mass is 9.92. The molecule has 0 amide bonds. The van der Waals surface area contributed by atoms with Crippen LogP contribution in [0.25, 0.3) is 27.9 Å². The maximum Gasteiger partial charge on any atom is 0.193 e. The smallest absolute Gasteiger partial charge is 0.193 e. The van der Waals surface area contributed by atoms with Crippen LogP contribution in [0, 0.1) is 0 Å². The van der Waals surface area contributed by atoms with Crippen LogP contribution < -0.4 is 4.74 Å². The van der Waals surface area contributed by atoms with Crippen LogP contribution in [-0.2, 0) is 19.3 Å². The van der Waals surface area contributed by atoms with E-state index in [-0.39, 0.29) is 30.2 Å². The van der Waals surface area contributed by atoms with Gasteiger partial charge in [0.15, 0.2) is 21.8 Å². The molecule has 0 spiro atoms. The molecule has 36 heavy (non-hydrogen) atoms. The van der Waals surface area contributed by atoms with E-state index < -0.39 is 15.9 Å². The van der Waals surface area contributed by atoms with Gasteiger partial charge in [-0.2, -0.15) is 0 Å². The molecule has 5 atom stereocenters. The molecule has 4 heterocycles. The van der Waals surface area contributed by atoms with Crippen molar-refractivity contribution in [2.45, 2.75) is 48.9 Å². The number of hydrogen-bond donors (Lipinski definition) is 2. The van der Waals surface area contributed by atoms with Gasteiger partial charge in [0.2, 0.25) is 0 Å². The fourth-order valence-electron chi connectivity index (χ4n) is 5.28. The first-order chi connectivity index (χ1) is 17.3. The number of aromatic amines is 1. The molecule has 3 aromatic rings. The molecule has 190 valence electrons. The van der Waals surface area contributed by atoms with Crippen molar-refractivity contribution in [3.8, 4) is 17.1 Å². The summed E-state index contributed by atoms with van der Waals surface area (Å²) in [5.41, 5.74) is 5.28. The number of halogens is 1. The maximum atomic E-state index is 11.8. The van der Waals surface area contributed by atoms with Gasteiger partial charge in [0, 0.05) is 17.9 Å². The van der Waals surface area contributed by atoms with Crippen LogP contribution in [0.2, 0.25) is 5.02 Å². The van der Waals surface area contributed by atoms with E-state index in [1.165, 1.54) is 11.8 Å². The number of allylic oxidation sites excluding steroid dienone is 2. The summed E-state index contributed by atoms with van der Waals surface area (Å²) in [5, 5.41) is 10.2. The Hall–Kier alpha value is -2.43. The first-order valence-electron chi connectivity index (χ1n) is 12.0. The summed E-state index contributed by atoms with van der Waals surface area (Å²) in [6, 6.07) is 11.7. The number of pyridine rings is 1. The minimum Gasteiger partial charge on any atom is -0.470 e. The summed E-state index contributed by atoms with van der Waals surface area (Å²) in [6.45, 7) is 0.596. The summed E-state index contributed by atoms with van der Waals surface area (Å²) in [4.78, 5) is 7.98. The molecular weight excluding hydrogens is 504 g/mol. The molecule has 1 aromatic carbocycles. The number of rotatable bonds is 5. The summed E-state index contributed by atoms with van der Waals surface area (Å²) in [5.74, 6) is 0.539. The molecule has 6 rings (SSSR count). The third-order valence-corrected chi connectivity index (χ3v) is 9.22. The largest absolute Gasteiger partial charge is 0.470 e. The SMILES string of the molecule is CS(=O)(=O)C1CC=C(c2ccc(-c3nc4cc(O[C@@H]5COC6C5OC[C@H]6O)[nH]c4cc3Cl)cc2)CC1. The molecule has 0 saturated carbocycles. The first kappa shape index (κ1) is 23.9.